The second kappa shape index (κ2) is 9.00. The molecule has 0 atom stereocenters. The van der Waals surface area contributed by atoms with Gasteiger partial charge < -0.3 is 14.8 Å². The van der Waals surface area contributed by atoms with Crippen molar-refractivity contribution in [2.24, 2.45) is 0 Å². The monoisotopic (exact) mass is 462 g/mol. The summed E-state index contributed by atoms with van der Waals surface area (Å²) >= 11 is 6.19. The minimum Gasteiger partial charge on any atom is -0.496 e. The lowest BCUT2D eigenvalue weighted by Gasteiger charge is -2.19. The van der Waals surface area contributed by atoms with Gasteiger partial charge in [0.15, 0.2) is 0 Å². The number of nitrogens with zero attached hydrogens (tertiary/aromatic N) is 1. The van der Waals surface area contributed by atoms with Crippen molar-refractivity contribution in [1.82, 2.24) is 0 Å². The molecule has 0 radical (unpaired) electrons. The van der Waals surface area contributed by atoms with Crippen LogP contribution in [0.3, 0.4) is 0 Å². The van der Waals surface area contributed by atoms with Gasteiger partial charge in [0.25, 0.3) is 11.8 Å². The van der Waals surface area contributed by atoms with Gasteiger partial charge in [-0.05, 0) is 55.3 Å². The molecule has 1 N–H and O–H groups in total. The van der Waals surface area contributed by atoms with Crippen molar-refractivity contribution in [2.45, 2.75) is 13.8 Å². The zero-order valence-electron chi connectivity index (χ0n) is 18.7. The molecule has 168 valence electrons. The van der Waals surface area contributed by atoms with Crippen molar-refractivity contribution in [3.8, 4) is 11.5 Å². The van der Waals surface area contributed by atoms with Crippen LogP contribution in [0.1, 0.15) is 16.7 Å². The highest BCUT2D eigenvalue weighted by Crippen LogP contribution is 2.40. The Morgan fingerprint density at radius 3 is 2.30 bits per heavy atom. The van der Waals surface area contributed by atoms with E-state index in [0.717, 1.165) is 11.1 Å². The Kier molecular flexibility index (Phi) is 6.11. The lowest BCUT2D eigenvalue weighted by molar-refractivity contribution is -0.120. The fraction of sp³-hybridized carbons (Fsp3) is 0.154. The lowest BCUT2D eigenvalue weighted by atomic mass is 10.0. The van der Waals surface area contributed by atoms with E-state index < -0.39 is 11.8 Å². The first-order chi connectivity index (χ1) is 15.9. The van der Waals surface area contributed by atoms with Crippen LogP contribution < -0.4 is 19.7 Å². The van der Waals surface area contributed by atoms with Crippen LogP contribution in [0.2, 0.25) is 5.02 Å². The molecule has 6 nitrogen and oxygen atoms in total. The molecule has 0 bridgehead atoms. The summed E-state index contributed by atoms with van der Waals surface area (Å²) in [4.78, 5) is 28.7. The number of methoxy groups -OCH3 is 2. The molecule has 7 heteroatoms. The van der Waals surface area contributed by atoms with E-state index in [9.17, 15) is 9.59 Å². The van der Waals surface area contributed by atoms with E-state index in [-0.39, 0.29) is 11.3 Å². The Morgan fingerprint density at radius 1 is 0.848 bits per heavy atom. The average Bonchev–Trinajstić information content (AvgIpc) is 3.05. The van der Waals surface area contributed by atoms with E-state index in [4.69, 9.17) is 21.1 Å². The number of carbonyl (C=O) groups excluding carboxylic acids is 2. The SMILES string of the molecule is COc1ccc(Cl)cc1NC1=C(c2ccccc2OC)C(=O)N(c2cccc(C)c2C)C1=O. The van der Waals surface area contributed by atoms with Crippen LogP contribution >= 0.6 is 11.6 Å². The summed E-state index contributed by atoms with van der Waals surface area (Å²) in [6.45, 7) is 3.83. The molecule has 1 heterocycles. The molecule has 0 saturated carbocycles. The van der Waals surface area contributed by atoms with Gasteiger partial charge in [0.1, 0.15) is 17.2 Å². The van der Waals surface area contributed by atoms with Gasteiger partial charge in [0, 0.05) is 10.6 Å². The summed E-state index contributed by atoms with van der Waals surface area (Å²) in [5.41, 5.74) is 3.66. The third-order valence-electron chi connectivity index (χ3n) is 5.70. The van der Waals surface area contributed by atoms with E-state index in [2.05, 4.69) is 5.32 Å². The number of hydrogen-bond donors (Lipinski definition) is 1. The lowest BCUT2D eigenvalue weighted by Crippen LogP contribution is -2.33. The molecular weight excluding hydrogens is 440 g/mol. The number of anilines is 2. The third-order valence-corrected chi connectivity index (χ3v) is 5.93. The first-order valence-electron chi connectivity index (χ1n) is 10.3. The highest BCUT2D eigenvalue weighted by Gasteiger charge is 2.42. The van der Waals surface area contributed by atoms with Crippen LogP contribution in [-0.4, -0.2) is 26.0 Å². The summed E-state index contributed by atoms with van der Waals surface area (Å²) in [6.07, 6.45) is 0. The smallest absolute Gasteiger partial charge is 0.282 e. The van der Waals surface area contributed by atoms with Gasteiger partial charge in [-0.2, -0.15) is 0 Å². The third kappa shape index (κ3) is 3.94. The van der Waals surface area contributed by atoms with Crippen LogP contribution in [0.4, 0.5) is 11.4 Å². The van der Waals surface area contributed by atoms with Gasteiger partial charge in [-0.3, -0.25) is 9.59 Å². The van der Waals surface area contributed by atoms with Crippen molar-refractivity contribution in [1.29, 1.82) is 0 Å². The van der Waals surface area contributed by atoms with E-state index in [0.29, 0.717) is 33.5 Å². The summed E-state index contributed by atoms with van der Waals surface area (Å²) < 4.78 is 10.9. The van der Waals surface area contributed by atoms with Gasteiger partial charge >= 0.3 is 0 Å². The summed E-state index contributed by atoms with van der Waals surface area (Å²) in [7, 11) is 3.05. The van der Waals surface area contributed by atoms with E-state index in [1.165, 1.54) is 19.1 Å². The predicted molar refractivity (Wildman–Crippen MR) is 130 cm³/mol. The molecule has 0 fully saturated rings. The summed E-state index contributed by atoms with van der Waals surface area (Å²) in [5, 5.41) is 3.58. The number of aryl methyl sites for hydroxylation is 1. The highest BCUT2D eigenvalue weighted by atomic mass is 35.5. The molecule has 0 aliphatic carbocycles. The van der Waals surface area contributed by atoms with Crippen molar-refractivity contribution in [2.75, 3.05) is 24.4 Å². The quantitative estimate of drug-likeness (QED) is 0.499. The normalized spacial score (nSPS) is 13.5. The van der Waals surface area contributed by atoms with Crippen molar-refractivity contribution in [3.63, 3.8) is 0 Å². The fourth-order valence-corrected chi connectivity index (χ4v) is 4.03. The predicted octanol–water partition coefficient (Wildman–Crippen LogP) is 5.37. The second-order valence-electron chi connectivity index (χ2n) is 7.58. The van der Waals surface area contributed by atoms with Gasteiger partial charge in [0.05, 0.1) is 31.2 Å². The molecular formula is C26H23ClN2O4. The summed E-state index contributed by atoms with van der Waals surface area (Å²) in [6, 6.07) is 17.7. The van der Waals surface area contributed by atoms with Crippen molar-refractivity contribution in [3.05, 3.63) is 88.1 Å². The number of ether oxygens (including phenoxy) is 2. The minimum atomic E-state index is -0.475. The van der Waals surface area contributed by atoms with Crippen molar-refractivity contribution >= 4 is 40.4 Å². The molecule has 0 saturated heterocycles. The van der Waals surface area contributed by atoms with Crippen LogP contribution in [0.15, 0.2) is 66.4 Å². The zero-order chi connectivity index (χ0) is 23.7. The molecule has 0 aromatic heterocycles. The standard InChI is InChI=1S/C26H23ClN2O4/c1-15-8-7-10-20(16(15)2)29-25(30)23(18-9-5-6-11-21(18)32-3)24(26(29)31)28-19-14-17(27)12-13-22(19)33-4/h5-14,28H,1-4H3. The topological polar surface area (TPSA) is 67.9 Å². The Hall–Kier alpha value is -3.77. The molecule has 4 rings (SSSR count). The number of imide groups is 1. The molecule has 33 heavy (non-hydrogen) atoms. The van der Waals surface area contributed by atoms with Gasteiger partial charge in [0.2, 0.25) is 0 Å². The van der Waals surface area contributed by atoms with E-state index >= 15 is 0 Å². The minimum absolute atomic E-state index is 0.117. The fourth-order valence-electron chi connectivity index (χ4n) is 3.86. The first kappa shape index (κ1) is 22.4. The Bertz CT molecular complexity index is 1300. The molecule has 1 aliphatic rings. The van der Waals surface area contributed by atoms with Gasteiger partial charge in [-0.25, -0.2) is 4.90 Å². The maximum atomic E-state index is 13.8. The van der Waals surface area contributed by atoms with Crippen LogP contribution in [0, 0.1) is 13.8 Å². The highest BCUT2D eigenvalue weighted by molar-refractivity contribution is 6.46. The average molecular weight is 463 g/mol. The van der Waals surface area contributed by atoms with E-state index in [1.807, 2.05) is 26.0 Å². The maximum absolute atomic E-state index is 13.8. The molecule has 3 aromatic carbocycles. The molecule has 0 unspecified atom stereocenters. The Morgan fingerprint density at radius 2 is 1.58 bits per heavy atom. The Balaban J connectivity index is 1.92. The number of rotatable bonds is 6. The number of nitrogens with one attached hydrogen (secondary N) is 1. The van der Waals surface area contributed by atoms with E-state index in [1.54, 1.807) is 48.5 Å². The number of para-hydroxylation sites is 1. The molecule has 1 aliphatic heterocycles. The molecule has 0 spiro atoms. The number of halogens is 1. The van der Waals surface area contributed by atoms with Crippen molar-refractivity contribution < 1.29 is 19.1 Å². The zero-order valence-corrected chi connectivity index (χ0v) is 19.5. The largest absolute Gasteiger partial charge is 0.496 e. The maximum Gasteiger partial charge on any atom is 0.282 e. The van der Waals surface area contributed by atoms with Gasteiger partial charge in [-0.1, -0.05) is 41.9 Å². The number of benzene rings is 3. The first-order valence-corrected chi connectivity index (χ1v) is 10.7. The van der Waals surface area contributed by atoms with Crippen LogP contribution in [0.25, 0.3) is 5.57 Å². The summed E-state index contributed by atoms with van der Waals surface area (Å²) in [5.74, 6) is 0.0452. The number of carbonyl (C=O) groups is 2. The van der Waals surface area contributed by atoms with Crippen LogP contribution in [0.5, 0.6) is 11.5 Å². The second-order valence-corrected chi connectivity index (χ2v) is 8.02. The number of amides is 2. The molecule has 2 amide bonds. The Labute approximate surface area is 197 Å². The van der Waals surface area contributed by atoms with Gasteiger partial charge in [-0.15, -0.1) is 0 Å². The molecule has 3 aromatic rings. The number of hydrogen-bond acceptors (Lipinski definition) is 5. The van der Waals surface area contributed by atoms with Crippen LogP contribution in [-0.2, 0) is 9.59 Å².